The number of imidazole rings is 1. The highest BCUT2D eigenvalue weighted by atomic mass is 79.9. The monoisotopic (exact) mass is 372 g/mol. The average molecular weight is 374 g/mol. The molecule has 1 heterocycles. The second-order valence-electron chi connectivity index (χ2n) is 4.23. The molecule has 0 radical (unpaired) electrons. The Bertz CT molecular complexity index is 801. The number of rotatable bonds is 2. The predicted octanol–water partition coefficient (Wildman–Crippen LogP) is 5.32. The van der Waals surface area contributed by atoms with Crippen molar-refractivity contribution in [2.24, 2.45) is 0 Å². The van der Waals surface area contributed by atoms with Crippen LogP contribution in [0.15, 0.2) is 40.9 Å². The molecular weight excluding hydrogens is 366 g/mol. The molecule has 0 aliphatic carbocycles. The van der Waals surface area contributed by atoms with E-state index in [1.54, 1.807) is 12.1 Å². The molecule has 0 unspecified atom stereocenters. The van der Waals surface area contributed by atoms with Gasteiger partial charge in [-0.05, 0) is 46.3 Å². The largest absolute Gasteiger partial charge is 0.295 e. The SMILES string of the molecule is Fc1ccc2nc(CCl)n(-c3ccc(Cl)c(Br)c3)c2c1. The number of nitrogens with zero attached hydrogens (tertiary/aromatic N) is 2. The summed E-state index contributed by atoms with van der Waals surface area (Å²) in [7, 11) is 0. The first-order chi connectivity index (χ1) is 9.60. The van der Waals surface area contributed by atoms with Crippen molar-refractivity contribution < 1.29 is 4.39 Å². The van der Waals surface area contributed by atoms with Crippen molar-refractivity contribution in [1.82, 2.24) is 9.55 Å². The summed E-state index contributed by atoms with van der Waals surface area (Å²) in [5.41, 5.74) is 2.20. The van der Waals surface area contributed by atoms with Crippen LogP contribution >= 0.6 is 39.1 Å². The van der Waals surface area contributed by atoms with E-state index in [1.165, 1.54) is 12.1 Å². The van der Waals surface area contributed by atoms with Gasteiger partial charge in [0, 0.05) is 16.2 Å². The van der Waals surface area contributed by atoms with Gasteiger partial charge in [0.1, 0.15) is 11.6 Å². The van der Waals surface area contributed by atoms with E-state index in [1.807, 2.05) is 16.7 Å². The summed E-state index contributed by atoms with van der Waals surface area (Å²) < 4.78 is 16.1. The molecule has 2 aromatic carbocycles. The van der Waals surface area contributed by atoms with Gasteiger partial charge in [-0.2, -0.15) is 0 Å². The van der Waals surface area contributed by atoms with Gasteiger partial charge >= 0.3 is 0 Å². The number of fused-ring (bicyclic) bond motifs is 1. The molecule has 0 saturated carbocycles. The Balaban J connectivity index is 2.32. The van der Waals surface area contributed by atoms with Gasteiger partial charge in [-0.25, -0.2) is 9.37 Å². The zero-order chi connectivity index (χ0) is 14.3. The zero-order valence-corrected chi connectivity index (χ0v) is 13.2. The molecule has 0 amide bonds. The standard InChI is InChI=1S/C14H8BrCl2FN2/c15-10-6-9(2-3-11(10)17)20-13-5-8(18)1-4-12(13)19-14(20)7-16/h1-6H,7H2. The molecule has 0 spiro atoms. The summed E-state index contributed by atoms with van der Waals surface area (Å²) in [5.74, 6) is 0.575. The van der Waals surface area contributed by atoms with Crippen LogP contribution < -0.4 is 0 Å². The maximum atomic E-state index is 13.5. The van der Waals surface area contributed by atoms with Crippen molar-refractivity contribution in [2.45, 2.75) is 5.88 Å². The number of aromatic nitrogens is 2. The first-order valence-corrected chi connectivity index (χ1v) is 7.49. The molecule has 0 N–H and O–H groups in total. The predicted molar refractivity (Wildman–Crippen MR) is 83.3 cm³/mol. The molecule has 0 atom stereocenters. The minimum atomic E-state index is -0.312. The first-order valence-electron chi connectivity index (χ1n) is 5.78. The van der Waals surface area contributed by atoms with Gasteiger partial charge in [0.15, 0.2) is 0 Å². The summed E-state index contributed by atoms with van der Waals surface area (Å²) in [4.78, 5) is 4.42. The van der Waals surface area contributed by atoms with Gasteiger partial charge in [-0.3, -0.25) is 4.57 Å². The Hall–Kier alpha value is -1.10. The second-order valence-corrected chi connectivity index (χ2v) is 5.76. The Labute approximate surface area is 133 Å². The van der Waals surface area contributed by atoms with Crippen molar-refractivity contribution >= 4 is 50.2 Å². The van der Waals surface area contributed by atoms with E-state index < -0.39 is 0 Å². The minimum Gasteiger partial charge on any atom is -0.295 e. The van der Waals surface area contributed by atoms with E-state index >= 15 is 0 Å². The van der Waals surface area contributed by atoms with E-state index in [2.05, 4.69) is 20.9 Å². The van der Waals surface area contributed by atoms with Crippen LogP contribution in [-0.4, -0.2) is 9.55 Å². The van der Waals surface area contributed by atoms with E-state index in [4.69, 9.17) is 23.2 Å². The average Bonchev–Trinajstić information content (AvgIpc) is 2.79. The van der Waals surface area contributed by atoms with Crippen LogP contribution in [0.4, 0.5) is 4.39 Å². The summed E-state index contributed by atoms with van der Waals surface area (Å²) in [6, 6.07) is 9.93. The maximum absolute atomic E-state index is 13.5. The van der Waals surface area contributed by atoms with Gasteiger partial charge in [-0.15, -0.1) is 11.6 Å². The number of benzene rings is 2. The highest BCUT2D eigenvalue weighted by Crippen LogP contribution is 2.29. The fourth-order valence-electron chi connectivity index (χ4n) is 2.10. The van der Waals surface area contributed by atoms with Gasteiger partial charge in [0.25, 0.3) is 0 Å². The Morgan fingerprint density at radius 3 is 2.70 bits per heavy atom. The van der Waals surface area contributed by atoms with E-state index in [9.17, 15) is 4.39 Å². The smallest absolute Gasteiger partial charge is 0.129 e. The quantitative estimate of drug-likeness (QED) is 0.556. The van der Waals surface area contributed by atoms with Crippen molar-refractivity contribution in [2.75, 3.05) is 0 Å². The molecule has 102 valence electrons. The van der Waals surface area contributed by atoms with Crippen molar-refractivity contribution in [3.63, 3.8) is 0 Å². The molecule has 0 fully saturated rings. The number of hydrogen-bond donors (Lipinski definition) is 0. The lowest BCUT2D eigenvalue weighted by molar-refractivity contribution is 0.629. The lowest BCUT2D eigenvalue weighted by atomic mass is 10.2. The van der Waals surface area contributed by atoms with Gasteiger partial charge in [-0.1, -0.05) is 11.6 Å². The van der Waals surface area contributed by atoms with Crippen LogP contribution in [-0.2, 0) is 5.88 Å². The fraction of sp³-hybridized carbons (Fsp3) is 0.0714. The molecule has 3 aromatic rings. The molecular formula is C14H8BrCl2FN2. The lowest BCUT2D eigenvalue weighted by Gasteiger charge is -2.09. The molecule has 0 aliphatic rings. The van der Waals surface area contributed by atoms with E-state index in [0.717, 1.165) is 10.2 Å². The zero-order valence-electron chi connectivity index (χ0n) is 10.1. The van der Waals surface area contributed by atoms with Crippen molar-refractivity contribution in [3.05, 3.63) is 57.5 Å². The first kappa shape index (κ1) is 13.9. The Morgan fingerprint density at radius 1 is 1.20 bits per heavy atom. The summed E-state index contributed by atoms with van der Waals surface area (Å²) >= 11 is 15.3. The Kier molecular flexibility index (Phi) is 3.71. The van der Waals surface area contributed by atoms with Crippen LogP contribution in [0.2, 0.25) is 5.02 Å². The molecule has 0 saturated heterocycles. The normalized spacial score (nSPS) is 11.2. The third-order valence-corrected chi connectivity index (χ3v) is 4.42. The molecule has 1 aromatic heterocycles. The number of halogens is 4. The molecule has 2 nitrogen and oxygen atoms in total. The lowest BCUT2D eigenvalue weighted by Crippen LogP contribution is -1.99. The van der Waals surface area contributed by atoms with Gasteiger partial charge < -0.3 is 0 Å². The summed E-state index contributed by atoms with van der Waals surface area (Å²) in [5, 5.41) is 0.608. The molecule has 0 bridgehead atoms. The highest BCUT2D eigenvalue weighted by Gasteiger charge is 2.13. The third kappa shape index (κ3) is 2.32. The number of alkyl halides is 1. The summed E-state index contributed by atoms with van der Waals surface area (Å²) in [6.07, 6.45) is 0. The Morgan fingerprint density at radius 2 is 2.00 bits per heavy atom. The number of hydrogen-bond acceptors (Lipinski definition) is 1. The molecule has 20 heavy (non-hydrogen) atoms. The maximum Gasteiger partial charge on any atom is 0.129 e. The highest BCUT2D eigenvalue weighted by molar-refractivity contribution is 9.10. The molecule has 6 heteroatoms. The van der Waals surface area contributed by atoms with Crippen molar-refractivity contribution in [3.8, 4) is 5.69 Å². The molecule has 3 rings (SSSR count). The fourth-order valence-corrected chi connectivity index (χ4v) is 2.76. The van der Waals surface area contributed by atoms with E-state index in [-0.39, 0.29) is 11.7 Å². The van der Waals surface area contributed by atoms with Gasteiger partial charge in [0.2, 0.25) is 0 Å². The van der Waals surface area contributed by atoms with Crippen LogP contribution in [0.25, 0.3) is 16.7 Å². The van der Waals surface area contributed by atoms with Crippen molar-refractivity contribution in [1.29, 1.82) is 0 Å². The van der Waals surface area contributed by atoms with E-state index in [0.29, 0.717) is 21.9 Å². The van der Waals surface area contributed by atoms with Crippen LogP contribution in [0, 0.1) is 5.82 Å². The molecule has 0 aliphatic heterocycles. The van der Waals surface area contributed by atoms with Crippen LogP contribution in [0.1, 0.15) is 5.82 Å². The minimum absolute atomic E-state index is 0.233. The van der Waals surface area contributed by atoms with Crippen LogP contribution in [0.3, 0.4) is 0 Å². The van der Waals surface area contributed by atoms with Crippen LogP contribution in [0.5, 0.6) is 0 Å². The summed E-state index contributed by atoms with van der Waals surface area (Å²) in [6.45, 7) is 0. The third-order valence-electron chi connectivity index (χ3n) is 2.97. The van der Waals surface area contributed by atoms with Gasteiger partial charge in [0.05, 0.1) is 21.9 Å². The second kappa shape index (κ2) is 5.35. The topological polar surface area (TPSA) is 17.8 Å².